The minimum absolute atomic E-state index is 0.204. The minimum Gasteiger partial charge on any atom is -0.456 e. The van der Waals surface area contributed by atoms with Crippen molar-refractivity contribution in [1.29, 1.82) is 0 Å². The largest absolute Gasteiger partial charge is 0.456 e. The molecule has 2 heterocycles. The van der Waals surface area contributed by atoms with Gasteiger partial charge in [0.15, 0.2) is 5.65 Å². The first-order valence-electron chi connectivity index (χ1n) is 9.75. The number of ether oxygens (including phenoxy) is 1. The first-order valence-corrected chi connectivity index (χ1v) is 10.5. The SMILES string of the molecule is Cc1cc2nc(COC(=O)c3ccc(C)c(NC(=O)c4ccc(Cl)cc4Cl)c3)cc(=O)n2o1. The van der Waals surface area contributed by atoms with Crippen LogP contribution in [0, 0.1) is 13.8 Å². The van der Waals surface area contributed by atoms with E-state index in [1.54, 1.807) is 38.1 Å². The number of hydrogen-bond acceptors (Lipinski definition) is 6. The van der Waals surface area contributed by atoms with Gasteiger partial charge in [0, 0.05) is 22.8 Å². The van der Waals surface area contributed by atoms with Gasteiger partial charge in [-0.2, -0.15) is 0 Å². The number of rotatable bonds is 5. The van der Waals surface area contributed by atoms with Gasteiger partial charge in [0.25, 0.3) is 11.5 Å². The summed E-state index contributed by atoms with van der Waals surface area (Å²) in [7, 11) is 0. The molecule has 0 radical (unpaired) electrons. The number of aromatic nitrogens is 2. The van der Waals surface area contributed by atoms with Gasteiger partial charge in [-0.25, -0.2) is 9.78 Å². The van der Waals surface area contributed by atoms with E-state index < -0.39 is 17.4 Å². The second kappa shape index (κ2) is 9.09. The molecule has 33 heavy (non-hydrogen) atoms. The van der Waals surface area contributed by atoms with Crippen LogP contribution in [0.4, 0.5) is 5.69 Å². The lowest BCUT2D eigenvalue weighted by Gasteiger charge is -2.11. The number of aryl methyl sites for hydroxylation is 2. The highest BCUT2D eigenvalue weighted by molar-refractivity contribution is 6.37. The average Bonchev–Trinajstić information content (AvgIpc) is 3.14. The second-order valence-corrected chi connectivity index (χ2v) is 8.11. The van der Waals surface area contributed by atoms with Crippen molar-refractivity contribution in [2.45, 2.75) is 20.5 Å². The van der Waals surface area contributed by atoms with Crippen LogP contribution in [0.1, 0.15) is 37.7 Å². The molecule has 0 fully saturated rings. The molecule has 4 rings (SSSR count). The Bertz CT molecular complexity index is 1460. The first-order chi connectivity index (χ1) is 15.7. The molecule has 0 unspecified atom stereocenters. The van der Waals surface area contributed by atoms with Crippen molar-refractivity contribution >= 4 is 46.4 Å². The number of anilines is 1. The summed E-state index contributed by atoms with van der Waals surface area (Å²) < 4.78 is 11.6. The molecule has 0 aliphatic heterocycles. The highest BCUT2D eigenvalue weighted by Gasteiger charge is 2.15. The highest BCUT2D eigenvalue weighted by Crippen LogP contribution is 2.24. The number of fused-ring (bicyclic) bond motifs is 1. The summed E-state index contributed by atoms with van der Waals surface area (Å²) in [4.78, 5) is 41.6. The number of carbonyl (C=O) groups is 2. The Kier molecular flexibility index (Phi) is 6.22. The number of amides is 1. The molecule has 0 aliphatic rings. The lowest BCUT2D eigenvalue weighted by Crippen LogP contribution is -2.16. The predicted octanol–water partition coefficient (Wildman–Crippen LogP) is 4.82. The molecule has 0 saturated heterocycles. The van der Waals surface area contributed by atoms with Crippen LogP contribution in [-0.2, 0) is 11.3 Å². The van der Waals surface area contributed by atoms with Crippen LogP contribution in [0.2, 0.25) is 10.0 Å². The molecular weight excluding hydrogens is 469 g/mol. The summed E-state index contributed by atoms with van der Waals surface area (Å²) in [5.74, 6) is -0.554. The lowest BCUT2D eigenvalue weighted by atomic mass is 10.1. The Labute approximate surface area is 197 Å². The fourth-order valence-corrected chi connectivity index (χ4v) is 3.61. The molecule has 0 bridgehead atoms. The molecule has 10 heteroatoms. The Morgan fingerprint density at radius 1 is 1.09 bits per heavy atom. The number of esters is 1. The zero-order chi connectivity index (χ0) is 23.7. The van der Waals surface area contributed by atoms with Gasteiger partial charge in [0.2, 0.25) is 0 Å². The van der Waals surface area contributed by atoms with E-state index >= 15 is 0 Å². The summed E-state index contributed by atoms with van der Waals surface area (Å²) >= 11 is 12.0. The fraction of sp³-hybridized carbons (Fsp3) is 0.130. The van der Waals surface area contributed by atoms with Crippen LogP contribution in [0.3, 0.4) is 0 Å². The van der Waals surface area contributed by atoms with Crippen LogP contribution >= 0.6 is 23.2 Å². The van der Waals surface area contributed by atoms with E-state index in [0.29, 0.717) is 22.1 Å². The van der Waals surface area contributed by atoms with Gasteiger partial charge in [-0.05, 0) is 49.7 Å². The van der Waals surface area contributed by atoms with Crippen molar-refractivity contribution in [1.82, 2.24) is 9.56 Å². The molecule has 2 aromatic heterocycles. The maximum absolute atomic E-state index is 12.6. The van der Waals surface area contributed by atoms with Crippen LogP contribution in [0.5, 0.6) is 0 Å². The van der Waals surface area contributed by atoms with Gasteiger partial charge < -0.3 is 14.6 Å². The van der Waals surface area contributed by atoms with Crippen molar-refractivity contribution < 1.29 is 18.8 Å². The average molecular weight is 486 g/mol. The first kappa shape index (κ1) is 22.6. The van der Waals surface area contributed by atoms with Crippen LogP contribution in [-0.4, -0.2) is 21.4 Å². The third-order valence-electron chi connectivity index (χ3n) is 4.77. The van der Waals surface area contributed by atoms with Crippen molar-refractivity contribution in [2.75, 3.05) is 5.32 Å². The van der Waals surface area contributed by atoms with Gasteiger partial charge in [0.1, 0.15) is 12.4 Å². The van der Waals surface area contributed by atoms with Crippen molar-refractivity contribution in [2.24, 2.45) is 0 Å². The molecule has 0 spiro atoms. The zero-order valence-corrected chi connectivity index (χ0v) is 19.0. The maximum Gasteiger partial charge on any atom is 0.338 e. The molecule has 2 aromatic carbocycles. The van der Waals surface area contributed by atoms with Crippen molar-refractivity contribution in [3.05, 3.63) is 97.1 Å². The fourth-order valence-electron chi connectivity index (χ4n) is 3.12. The van der Waals surface area contributed by atoms with E-state index in [-0.39, 0.29) is 28.5 Å². The standard InChI is InChI=1S/C23H17Cl2N3O5/c1-12-3-4-14(8-19(12)27-22(30)17-6-5-15(24)9-18(17)25)23(31)32-11-16-10-21(29)28-20(26-16)7-13(2)33-28/h3-10H,11H2,1-2H3,(H,27,30). The quantitative estimate of drug-likeness (QED) is 0.406. The Morgan fingerprint density at radius 2 is 1.88 bits per heavy atom. The minimum atomic E-state index is -0.639. The van der Waals surface area contributed by atoms with E-state index in [4.69, 9.17) is 32.5 Å². The maximum atomic E-state index is 12.6. The van der Waals surface area contributed by atoms with E-state index in [1.807, 2.05) is 0 Å². The van der Waals surface area contributed by atoms with Gasteiger partial charge in [-0.15, -0.1) is 4.57 Å². The number of nitrogens with one attached hydrogen (secondary N) is 1. The number of nitrogens with zero attached hydrogens (tertiary/aromatic N) is 2. The van der Waals surface area contributed by atoms with Gasteiger partial charge in [0.05, 0.1) is 21.8 Å². The monoisotopic (exact) mass is 485 g/mol. The number of hydrogen-bond donors (Lipinski definition) is 1. The Morgan fingerprint density at radius 3 is 2.64 bits per heavy atom. The Balaban J connectivity index is 1.49. The molecule has 168 valence electrons. The lowest BCUT2D eigenvalue weighted by molar-refractivity contribution is 0.0467. The van der Waals surface area contributed by atoms with E-state index in [1.165, 1.54) is 24.3 Å². The van der Waals surface area contributed by atoms with Crippen LogP contribution in [0.15, 0.2) is 57.8 Å². The number of carbonyl (C=O) groups excluding carboxylic acids is 2. The normalized spacial score (nSPS) is 10.9. The third kappa shape index (κ3) is 4.92. The van der Waals surface area contributed by atoms with Gasteiger partial charge >= 0.3 is 5.97 Å². The molecule has 0 saturated carbocycles. The molecule has 4 aromatic rings. The third-order valence-corrected chi connectivity index (χ3v) is 5.32. The summed E-state index contributed by atoms with van der Waals surface area (Å²) in [6, 6.07) is 12.2. The van der Waals surface area contributed by atoms with Gasteiger partial charge in [-0.1, -0.05) is 29.3 Å². The number of benzene rings is 2. The molecular formula is C23H17Cl2N3O5. The van der Waals surface area contributed by atoms with Crippen LogP contribution < -0.4 is 10.9 Å². The Hall–Kier alpha value is -3.62. The molecule has 1 amide bonds. The van der Waals surface area contributed by atoms with Crippen LogP contribution in [0.25, 0.3) is 5.65 Å². The molecule has 8 nitrogen and oxygen atoms in total. The topological polar surface area (TPSA) is 103 Å². The number of halogens is 2. The van der Waals surface area contributed by atoms with E-state index in [2.05, 4.69) is 10.3 Å². The summed E-state index contributed by atoms with van der Waals surface area (Å²) in [5, 5.41) is 3.37. The van der Waals surface area contributed by atoms with E-state index in [0.717, 1.165) is 10.1 Å². The second-order valence-electron chi connectivity index (χ2n) is 7.27. The summed E-state index contributed by atoms with van der Waals surface area (Å²) in [6.07, 6.45) is 0. The highest BCUT2D eigenvalue weighted by atomic mass is 35.5. The molecule has 0 atom stereocenters. The predicted molar refractivity (Wildman–Crippen MR) is 123 cm³/mol. The van der Waals surface area contributed by atoms with E-state index in [9.17, 15) is 14.4 Å². The molecule has 1 N–H and O–H groups in total. The molecule has 0 aliphatic carbocycles. The zero-order valence-electron chi connectivity index (χ0n) is 17.5. The van der Waals surface area contributed by atoms with Crippen molar-refractivity contribution in [3.8, 4) is 0 Å². The van der Waals surface area contributed by atoms with Gasteiger partial charge in [-0.3, -0.25) is 9.59 Å². The van der Waals surface area contributed by atoms with Crippen molar-refractivity contribution in [3.63, 3.8) is 0 Å². The smallest absolute Gasteiger partial charge is 0.338 e. The summed E-state index contributed by atoms with van der Waals surface area (Å²) in [6.45, 7) is 3.28. The summed E-state index contributed by atoms with van der Waals surface area (Å²) in [5.41, 5.74) is 1.82.